The van der Waals surface area contributed by atoms with E-state index < -0.39 is 17.1 Å². The van der Waals surface area contributed by atoms with Crippen LogP contribution in [0.2, 0.25) is 5.02 Å². The SMILES string of the molecule is N[C@@H]1CCCC[C@@H]1N=Cc1c(O)n(-c2ccccc2Cl)c(=O)[nH]c1=O. The van der Waals surface area contributed by atoms with Crippen molar-refractivity contribution in [2.24, 2.45) is 10.7 Å². The number of nitrogens with zero attached hydrogens (tertiary/aromatic N) is 2. The number of aromatic hydroxyl groups is 1. The fraction of sp³-hybridized carbons (Fsp3) is 0.353. The molecule has 4 N–H and O–H groups in total. The Bertz CT molecular complexity index is 919. The van der Waals surface area contributed by atoms with Crippen molar-refractivity contribution >= 4 is 17.8 Å². The molecule has 3 rings (SSSR count). The molecule has 1 aliphatic carbocycles. The van der Waals surface area contributed by atoms with Crippen molar-refractivity contribution in [3.8, 4) is 11.6 Å². The molecule has 0 radical (unpaired) electrons. The predicted octanol–water partition coefficient (Wildman–Crippen LogP) is 1.57. The number of rotatable bonds is 3. The molecule has 1 saturated carbocycles. The molecule has 1 aromatic heterocycles. The van der Waals surface area contributed by atoms with Gasteiger partial charge in [-0.15, -0.1) is 0 Å². The number of halogens is 1. The van der Waals surface area contributed by atoms with Crippen LogP contribution in [0.15, 0.2) is 38.8 Å². The fourth-order valence-corrected chi connectivity index (χ4v) is 3.23. The van der Waals surface area contributed by atoms with Gasteiger partial charge in [0.25, 0.3) is 5.56 Å². The quantitative estimate of drug-likeness (QED) is 0.719. The number of para-hydroxylation sites is 1. The van der Waals surface area contributed by atoms with E-state index in [4.69, 9.17) is 17.3 Å². The third kappa shape index (κ3) is 3.52. The van der Waals surface area contributed by atoms with Gasteiger partial charge in [-0.2, -0.15) is 0 Å². The molecule has 0 spiro atoms. The topological polar surface area (TPSA) is 113 Å². The van der Waals surface area contributed by atoms with E-state index in [1.165, 1.54) is 6.21 Å². The first kappa shape index (κ1) is 17.4. The van der Waals surface area contributed by atoms with E-state index in [0.717, 1.165) is 30.3 Å². The summed E-state index contributed by atoms with van der Waals surface area (Å²) in [5.41, 5.74) is 4.73. The highest BCUT2D eigenvalue weighted by molar-refractivity contribution is 6.32. The molecule has 0 saturated heterocycles. The van der Waals surface area contributed by atoms with Gasteiger partial charge in [0.2, 0.25) is 5.88 Å². The van der Waals surface area contributed by atoms with Crippen LogP contribution in [0.25, 0.3) is 5.69 Å². The summed E-state index contributed by atoms with van der Waals surface area (Å²) in [6.45, 7) is 0. The van der Waals surface area contributed by atoms with Crippen molar-refractivity contribution in [1.29, 1.82) is 0 Å². The number of aliphatic imine (C=N–C) groups is 1. The summed E-state index contributed by atoms with van der Waals surface area (Å²) in [5, 5.41) is 10.8. The van der Waals surface area contributed by atoms with Gasteiger partial charge in [0.05, 0.1) is 16.8 Å². The third-order valence-electron chi connectivity index (χ3n) is 4.39. The van der Waals surface area contributed by atoms with Crippen molar-refractivity contribution in [1.82, 2.24) is 9.55 Å². The Morgan fingerprint density at radius 1 is 1.28 bits per heavy atom. The summed E-state index contributed by atoms with van der Waals surface area (Å²) in [7, 11) is 0. The van der Waals surface area contributed by atoms with Gasteiger partial charge in [-0.05, 0) is 25.0 Å². The summed E-state index contributed by atoms with van der Waals surface area (Å²) in [6.07, 6.45) is 5.09. The summed E-state index contributed by atoms with van der Waals surface area (Å²) in [6, 6.07) is 6.36. The lowest BCUT2D eigenvalue weighted by atomic mass is 9.91. The second-order valence-electron chi connectivity index (χ2n) is 6.08. The Morgan fingerprint density at radius 3 is 2.72 bits per heavy atom. The average Bonchev–Trinajstić information content (AvgIpc) is 2.57. The zero-order chi connectivity index (χ0) is 18.0. The van der Waals surface area contributed by atoms with E-state index >= 15 is 0 Å². The molecule has 2 atom stereocenters. The second kappa shape index (κ2) is 7.25. The highest BCUT2D eigenvalue weighted by Gasteiger charge is 2.21. The van der Waals surface area contributed by atoms with Crippen LogP contribution in [0.4, 0.5) is 0 Å². The zero-order valence-corrected chi connectivity index (χ0v) is 14.2. The molecule has 0 unspecified atom stereocenters. The van der Waals surface area contributed by atoms with E-state index in [0.29, 0.717) is 0 Å². The molecular weight excluding hydrogens is 344 g/mol. The number of nitrogens with two attached hydrogens (primary N) is 1. The molecule has 1 heterocycles. The Hall–Kier alpha value is -2.38. The minimum absolute atomic E-state index is 0.0688. The van der Waals surface area contributed by atoms with Crippen LogP contribution in [-0.2, 0) is 0 Å². The minimum atomic E-state index is -0.776. The molecular formula is C17H19ClN4O3. The molecule has 0 amide bonds. The van der Waals surface area contributed by atoms with Crippen molar-refractivity contribution in [3.05, 3.63) is 55.7 Å². The van der Waals surface area contributed by atoms with Gasteiger partial charge in [0.1, 0.15) is 5.56 Å². The predicted molar refractivity (Wildman–Crippen MR) is 97.2 cm³/mol. The molecule has 132 valence electrons. The number of H-pyrrole nitrogens is 1. The van der Waals surface area contributed by atoms with E-state index in [9.17, 15) is 14.7 Å². The first-order chi connectivity index (χ1) is 12.0. The molecule has 1 fully saturated rings. The molecule has 25 heavy (non-hydrogen) atoms. The number of aromatic nitrogens is 2. The number of hydrogen-bond donors (Lipinski definition) is 3. The van der Waals surface area contributed by atoms with Crippen LogP contribution in [0.5, 0.6) is 5.88 Å². The second-order valence-corrected chi connectivity index (χ2v) is 6.48. The van der Waals surface area contributed by atoms with Crippen LogP contribution >= 0.6 is 11.6 Å². The number of nitrogens with one attached hydrogen (secondary N) is 1. The summed E-state index contributed by atoms with van der Waals surface area (Å²) < 4.78 is 0.950. The first-order valence-corrected chi connectivity index (χ1v) is 8.49. The van der Waals surface area contributed by atoms with Gasteiger partial charge in [-0.3, -0.25) is 14.8 Å². The Balaban J connectivity index is 2.06. The van der Waals surface area contributed by atoms with Crippen LogP contribution in [0.3, 0.4) is 0 Å². The Kier molecular flexibility index (Phi) is 5.06. The fourth-order valence-electron chi connectivity index (χ4n) is 3.01. The van der Waals surface area contributed by atoms with Crippen molar-refractivity contribution in [2.45, 2.75) is 37.8 Å². The maximum atomic E-state index is 12.1. The zero-order valence-electron chi connectivity index (χ0n) is 13.5. The van der Waals surface area contributed by atoms with Gasteiger partial charge >= 0.3 is 5.69 Å². The molecule has 7 nitrogen and oxygen atoms in total. The lowest BCUT2D eigenvalue weighted by Crippen LogP contribution is -2.36. The van der Waals surface area contributed by atoms with E-state index in [1.54, 1.807) is 24.3 Å². The van der Waals surface area contributed by atoms with Crippen LogP contribution < -0.4 is 17.0 Å². The lowest BCUT2D eigenvalue weighted by Gasteiger charge is -2.24. The molecule has 0 bridgehead atoms. The highest BCUT2D eigenvalue weighted by Crippen LogP contribution is 2.23. The smallest absolute Gasteiger partial charge is 0.335 e. The van der Waals surface area contributed by atoms with E-state index in [1.807, 2.05) is 0 Å². The van der Waals surface area contributed by atoms with Gasteiger partial charge in [0.15, 0.2) is 0 Å². The summed E-state index contributed by atoms with van der Waals surface area (Å²) in [5.74, 6) is -0.505. The van der Waals surface area contributed by atoms with E-state index in [-0.39, 0.29) is 28.4 Å². The molecule has 8 heteroatoms. The Labute approximate surface area is 148 Å². The largest absolute Gasteiger partial charge is 0.493 e. The van der Waals surface area contributed by atoms with Crippen LogP contribution in [-0.4, -0.2) is 33.0 Å². The standard InChI is InChI=1S/C17H19ClN4O3/c18-11-5-1-4-8-14(11)22-16(24)10(15(23)21-17(22)25)9-20-13-7-3-2-6-12(13)19/h1,4-5,8-9,12-13,24H,2-3,6-7,19H2,(H,21,23,25)/t12-,13+/m1/s1. The Morgan fingerprint density at radius 2 is 2.00 bits per heavy atom. The van der Waals surface area contributed by atoms with Crippen molar-refractivity contribution in [2.75, 3.05) is 0 Å². The number of hydrogen-bond acceptors (Lipinski definition) is 5. The van der Waals surface area contributed by atoms with Crippen LogP contribution in [0.1, 0.15) is 31.2 Å². The molecule has 0 aliphatic heterocycles. The highest BCUT2D eigenvalue weighted by atomic mass is 35.5. The van der Waals surface area contributed by atoms with Crippen molar-refractivity contribution < 1.29 is 5.11 Å². The van der Waals surface area contributed by atoms with Gasteiger partial charge in [-0.25, -0.2) is 9.36 Å². The average molecular weight is 363 g/mol. The lowest BCUT2D eigenvalue weighted by molar-refractivity contribution is 0.387. The molecule has 2 aromatic rings. The summed E-state index contributed by atoms with van der Waals surface area (Å²) in [4.78, 5) is 30.8. The van der Waals surface area contributed by atoms with Crippen LogP contribution in [0, 0.1) is 0 Å². The van der Waals surface area contributed by atoms with Gasteiger partial charge < -0.3 is 10.8 Å². The van der Waals surface area contributed by atoms with Gasteiger partial charge in [-0.1, -0.05) is 36.6 Å². The van der Waals surface area contributed by atoms with Crippen molar-refractivity contribution in [3.63, 3.8) is 0 Å². The molecule has 1 aromatic carbocycles. The monoisotopic (exact) mass is 362 g/mol. The number of aromatic amines is 1. The minimum Gasteiger partial charge on any atom is -0.493 e. The normalized spacial score (nSPS) is 20.9. The maximum absolute atomic E-state index is 12.1. The summed E-state index contributed by atoms with van der Waals surface area (Å²) >= 11 is 6.10. The van der Waals surface area contributed by atoms with Gasteiger partial charge in [0, 0.05) is 12.3 Å². The van der Waals surface area contributed by atoms with E-state index in [2.05, 4.69) is 9.98 Å². The molecule has 1 aliphatic rings. The first-order valence-electron chi connectivity index (χ1n) is 8.11. The maximum Gasteiger partial charge on any atom is 0.335 e. The number of benzene rings is 1. The third-order valence-corrected chi connectivity index (χ3v) is 4.71.